The van der Waals surface area contributed by atoms with Crippen molar-refractivity contribution in [3.05, 3.63) is 0 Å². The number of rotatable bonds is 4. The molecule has 16 heavy (non-hydrogen) atoms. The summed E-state index contributed by atoms with van der Waals surface area (Å²) in [6, 6.07) is 0.310. The molecule has 4 N–H and O–H groups in total. The van der Waals surface area contributed by atoms with Gasteiger partial charge in [-0.05, 0) is 31.6 Å². The lowest BCUT2D eigenvalue weighted by Crippen LogP contribution is -2.36. The Hall–Kier alpha value is -1.10. The number of carbonyl (C=O) groups excluding carboxylic acids is 2. The summed E-state index contributed by atoms with van der Waals surface area (Å²) < 4.78 is 0. The SMILES string of the molecule is CNC(=O)CNC(=O)CC1CCC(N)CC1. The average Bonchev–Trinajstić information content (AvgIpc) is 2.29. The minimum absolute atomic E-state index is 0.0379. The molecule has 5 heteroatoms. The van der Waals surface area contributed by atoms with Gasteiger partial charge < -0.3 is 16.4 Å². The lowest BCUT2D eigenvalue weighted by molar-refractivity contribution is -0.126. The van der Waals surface area contributed by atoms with Gasteiger partial charge in [0.25, 0.3) is 0 Å². The van der Waals surface area contributed by atoms with Crippen molar-refractivity contribution >= 4 is 11.8 Å². The van der Waals surface area contributed by atoms with Crippen LogP contribution >= 0.6 is 0 Å². The fourth-order valence-electron chi connectivity index (χ4n) is 1.99. The molecular weight excluding hydrogens is 206 g/mol. The van der Waals surface area contributed by atoms with Crippen molar-refractivity contribution in [2.75, 3.05) is 13.6 Å². The first-order chi connectivity index (χ1) is 7.61. The van der Waals surface area contributed by atoms with E-state index in [9.17, 15) is 9.59 Å². The Bertz CT molecular complexity index is 248. The molecule has 5 nitrogen and oxygen atoms in total. The maximum Gasteiger partial charge on any atom is 0.239 e. The fourth-order valence-corrected chi connectivity index (χ4v) is 1.99. The molecule has 1 aliphatic rings. The van der Waals surface area contributed by atoms with Crippen LogP contribution in [0.4, 0.5) is 0 Å². The second-order valence-corrected chi connectivity index (χ2v) is 4.43. The molecule has 0 atom stereocenters. The number of likely N-dealkylation sites (N-methyl/N-ethyl adjacent to an activating group) is 1. The molecule has 1 saturated carbocycles. The van der Waals surface area contributed by atoms with Crippen molar-refractivity contribution in [2.24, 2.45) is 11.7 Å². The first kappa shape index (κ1) is 13.0. The molecule has 0 aromatic heterocycles. The summed E-state index contributed by atoms with van der Waals surface area (Å²) in [5.74, 6) is 0.229. The molecule has 1 aliphatic carbocycles. The average molecular weight is 227 g/mol. The van der Waals surface area contributed by atoms with E-state index in [0.717, 1.165) is 25.7 Å². The maximum absolute atomic E-state index is 11.5. The third kappa shape index (κ3) is 4.61. The summed E-state index contributed by atoms with van der Waals surface area (Å²) >= 11 is 0. The van der Waals surface area contributed by atoms with Gasteiger partial charge in [-0.15, -0.1) is 0 Å². The van der Waals surface area contributed by atoms with E-state index in [4.69, 9.17) is 5.73 Å². The molecule has 0 radical (unpaired) electrons. The zero-order valence-corrected chi connectivity index (χ0v) is 9.79. The highest BCUT2D eigenvalue weighted by atomic mass is 16.2. The van der Waals surface area contributed by atoms with E-state index in [1.165, 1.54) is 0 Å². The molecule has 0 unspecified atom stereocenters. The Morgan fingerprint density at radius 2 is 1.81 bits per heavy atom. The molecule has 0 heterocycles. The Kier molecular flexibility index (Phi) is 5.25. The quantitative estimate of drug-likeness (QED) is 0.619. The number of amides is 2. The third-order valence-electron chi connectivity index (χ3n) is 3.09. The van der Waals surface area contributed by atoms with E-state index in [-0.39, 0.29) is 18.4 Å². The largest absolute Gasteiger partial charge is 0.358 e. The predicted molar refractivity (Wildman–Crippen MR) is 61.6 cm³/mol. The standard InChI is InChI=1S/C11H21N3O2/c1-13-11(16)7-14-10(15)6-8-2-4-9(12)5-3-8/h8-9H,2-7,12H2,1H3,(H,13,16)(H,14,15). The normalized spacial score (nSPS) is 24.9. The van der Waals surface area contributed by atoms with Crippen molar-refractivity contribution in [1.82, 2.24) is 10.6 Å². The number of hydrogen-bond acceptors (Lipinski definition) is 3. The van der Waals surface area contributed by atoms with Gasteiger partial charge in [0.05, 0.1) is 6.54 Å². The molecule has 0 aromatic carbocycles. The van der Waals surface area contributed by atoms with E-state index in [1.54, 1.807) is 7.05 Å². The zero-order valence-electron chi connectivity index (χ0n) is 9.79. The molecular formula is C11H21N3O2. The van der Waals surface area contributed by atoms with Crippen molar-refractivity contribution in [3.8, 4) is 0 Å². The summed E-state index contributed by atoms with van der Waals surface area (Å²) in [6.07, 6.45) is 4.58. The summed E-state index contributed by atoms with van der Waals surface area (Å²) in [7, 11) is 1.55. The van der Waals surface area contributed by atoms with Gasteiger partial charge in [-0.2, -0.15) is 0 Å². The van der Waals surface area contributed by atoms with Crippen LogP contribution in [-0.4, -0.2) is 31.4 Å². The van der Waals surface area contributed by atoms with Crippen LogP contribution in [0.3, 0.4) is 0 Å². The zero-order chi connectivity index (χ0) is 12.0. The summed E-state index contributed by atoms with van der Waals surface area (Å²) in [4.78, 5) is 22.4. The highest BCUT2D eigenvalue weighted by Crippen LogP contribution is 2.25. The van der Waals surface area contributed by atoms with Crippen LogP contribution in [0.15, 0.2) is 0 Å². The van der Waals surface area contributed by atoms with Crippen molar-refractivity contribution in [2.45, 2.75) is 38.1 Å². The Labute approximate surface area is 96.1 Å². The van der Waals surface area contributed by atoms with Crippen LogP contribution in [0.5, 0.6) is 0 Å². The van der Waals surface area contributed by atoms with Gasteiger partial charge in [0.2, 0.25) is 11.8 Å². The van der Waals surface area contributed by atoms with Gasteiger partial charge in [0, 0.05) is 19.5 Å². The maximum atomic E-state index is 11.5. The second-order valence-electron chi connectivity index (χ2n) is 4.43. The number of nitrogens with two attached hydrogens (primary N) is 1. The third-order valence-corrected chi connectivity index (χ3v) is 3.09. The van der Waals surface area contributed by atoms with Gasteiger partial charge >= 0.3 is 0 Å². The molecule has 0 aromatic rings. The van der Waals surface area contributed by atoms with Gasteiger partial charge in [-0.3, -0.25) is 9.59 Å². The Balaban J connectivity index is 2.16. The van der Waals surface area contributed by atoms with E-state index < -0.39 is 0 Å². The molecule has 0 saturated heterocycles. The highest BCUT2D eigenvalue weighted by molar-refractivity contribution is 5.84. The van der Waals surface area contributed by atoms with Crippen LogP contribution in [0, 0.1) is 5.92 Å². The molecule has 1 fully saturated rings. The van der Waals surface area contributed by atoms with E-state index in [2.05, 4.69) is 10.6 Å². The molecule has 1 rings (SSSR count). The number of nitrogens with one attached hydrogen (secondary N) is 2. The van der Waals surface area contributed by atoms with E-state index in [0.29, 0.717) is 18.4 Å². The Morgan fingerprint density at radius 1 is 1.19 bits per heavy atom. The lowest BCUT2D eigenvalue weighted by Gasteiger charge is -2.25. The number of hydrogen-bond donors (Lipinski definition) is 3. The smallest absolute Gasteiger partial charge is 0.239 e. The van der Waals surface area contributed by atoms with Crippen LogP contribution in [-0.2, 0) is 9.59 Å². The molecule has 0 bridgehead atoms. The van der Waals surface area contributed by atoms with Gasteiger partial charge in [-0.1, -0.05) is 0 Å². The van der Waals surface area contributed by atoms with Gasteiger partial charge in [0.15, 0.2) is 0 Å². The molecule has 0 spiro atoms. The Morgan fingerprint density at radius 3 is 2.38 bits per heavy atom. The van der Waals surface area contributed by atoms with Crippen LogP contribution in [0.1, 0.15) is 32.1 Å². The highest BCUT2D eigenvalue weighted by Gasteiger charge is 2.20. The fraction of sp³-hybridized carbons (Fsp3) is 0.818. The first-order valence-electron chi connectivity index (χ1n) is 5.84. The number of carbonyl (C=O) groups is 2. The summed E-state index contributed by atoms with van der Waals surface area (Å²) in [5, 5.41) is 5.07. The minimum atomic E-state index is -0.168. The molecule has 92 valence electrons. The minimum Gasteiger partial charge on any atom is -0.358 e. The second kappa shape index (κ2) is 6.48. The predicted octanol–water partition coefficient (Wildman–Crippen LogP) is -0.244. The van der Waals surface area contributed by atoms with Crippen LogP contribution < -0.4 is 16.4 Å². The van der Waals surface area contributed by atoms with E-state index >= 15 is 0 Å². The van der Waals surface area contributed by atoms with Crippen molar-refractivity contribution in [3.63, 3.8) is 0 Å². The molecule has 2 amide bonds. The van der Waals surface area contributed by atoms with E-state index in [1.807, 2.05) is 0 Å². The summed E-state index contributed by atoms with van der Waals surface area (Å²) in [6.45, 7) is 0.0710. The summed E-state index contributed by atoms with van der Waals surface area (Å²) in [5.41, 5.74) is 5.79. The first-order valence-corrected chi connectivity index (χ1v) is 5.84. The molecule has 0 aliphatic heterocycles. The van der Waals surface area contributed by atoms with Gasteiger partial charge in [0.1, 0.15) is 0 Å². The van der Waals surface area contributed by atoms with Crippen molar-refractivity contribution in [1.29, 1.82) is 0 Å². The lowest BCUT2D eigenvalue weighted by atomic mass is 9.84. The van der Waals surface area contributed by atoms with Gasteiger partial charge in [-0.25, -0.2) is 0 Å². The van der Waals surface area contributed by atoms with Crippen LogP contribution in [0.25, 0.3) is 0 Å². The monoisotopic (exact) mass is 227 g/mol. The van der Waals surface area contributed by atoms with Crippen LogP contribution in [0.2, 0.25) is 0 Å². The van der Waals surface area contributed by atoms with Crippen molar-refractivity contribution < 1.29 is 9.59 Å². The topological polar surface area (TPSA) is 84.2 Å².